The van der Waals surface area contributed by atoms with Gasteiger partial charge in [-0.3, -0.25) is 9.59 Å². The number of nitrogens with one attached hydrogen (secondary N) is 1. The number of hydrogen-bond acceptors (Lipinski definition) is 4. The van der Waals surface area contributed by atoms with Crippen LogP contribution in [0.25, 0.3) is 11.3 Å². The fraction of sp³-hybridized carbons (Fsp3) is 0.105. The number of halogens is 1. The van der Waals surface area contributed by atoms with Crippen LogP contribution in [-0.4, -0.2) is 23.4 Å². The van der Waals surface area contributed by atoms with Gasteiger partial charge in [0.25, 0.3) is 5.91 Å². The number of rotatable bonds is 5. The average molecular weight is 355 g/mol. The molecule has 126 valence electrons. The Balaban J connectivity index is 1.80. The molecule has 1 heterocycles. The minimum atomic E-state index is -0.432. The second-order valence-corrected chi connectivity index (χ2v) is 5.82. The predicted octanol–water partition coefficient (Wildman–Crippen LogP) is 3.92. The molecule has 0 aliphatic heterocycles. The maximum Gasteiger partial charge on any atom is 0.257 e. The molecule has 1 amide bonds. The summed E-state index contributed by atoms with van der Waals surface area (Å²) in [4.78, 5) is 24.7. The molecule has 6 heteroatoms. The number of hydrogen-bond donors (Lipinski definition) is 1. The molecule has 3 rings (SSSR count). The molecular formula is C19H15ClN2O3. The Morgan fingerprint density at radius 3 is 2.48 bits per heavy atom. The first kappa shape index (κ1) is 16.9. The standard InChI is InChI=1S/C19H15ClN2O3/c1-12-17(18(22-25-12)14-9-5-6-10-15(14)20)19(24)21-11-16(23)13-7-3-2-4-8-13/h2-10H,11H2,1H3,(H,21,24). The lowest BCUT2D eigenvalue weighted by Gasteiger charge is -2.06. The van der Waals surface area contributed by atoms with Crippen molar-refractivity contribution in [1.82, 2.24) is 10.5 Å². The van der Waals surface area contributed by atoms with Crippen molar-refractivity contribution >= 4 is 23.3 Å². The van der Waals surface area contributed by atoms with E-state index < -0.39 is 5.91 Å². The molecule has 2 aromatic carbocycles. The zero-order valence-corrected chi connectivity index (χ0v) is 14.2. The Kier molecular flexibility index (Phi) is 4.95. The lowest BCUT2D eigenvalue weighted by molar-refractivity contribution is 0.0903. The molecule has 3 aromatic rings. The van der Waals surface area contributed by atoms with E-state index in [0.29, 0.717) is 27.6 Å². The number of Topliss-reactive ketones (excluding diaryl/α,β-unsaturated/α-hetero) is 1. The fourth-order valence-electron chi connectivity index (χ4n) is 2.45. The van der Waals surface area contributed by atoms with Gasteiger partial charge in [0.05, 0.1) is 11.6 Å². The SMILES string of the molecule is Cc1onc(-c2ccccc2Cl)c1C(=O)NCC(=O)c1ccccc1. The number of ketones is 1. The van der Waals surface area contributed by atoms with Crippen molar-refractivity contribution in [2.24, 2.45) is 0 Å². The van der Waals surface area contributed by atoms with Crippen molar-refractivity contribution in [3.05, 3.63) is 76.5 Å². The molecule has 0 unspecified atom stereocenters. The fourth-order valence-corrected chi connectivity index (χ4v) is 2.68. The van der Waals surface area contributed by atoms with Crippen molar-refractivity contribution in [1.29, 1.82) is 0 Å². The van der Waals surface area contributed by atoms with E-state index in [1.54, 1.807) is 55.5 Å². The molecule has 0 saturated carbocycles. The third-order valence-electron chi connectivity index (χ3n) is 3.72. The van der Waals surface area contributed by atoms with Gasteiger partial charge in [0.2, 0.25) is 0 Å². The average Bonchev–Trinajstić information content (AvgIpc) is 3.02. The van der Waals surface area contributed by atoms with Crippen LogP contribution in [0.15, 0.2) is 59.1 Å². The molecule has 0 saturated heterocycles. The minimum absolute atomic E-state index is 0.116. The van der Waals surface area contributed by atoms with E-state index in [9.17, 15) is 9.59 Å². The van der Waals surface area contributed by atoms with Gasteiger partial charge in [-0.05, 0) is 13.0 Å². The van der Waals surface area contributed by atoms with Crippen molar-refractivity contribution in [3.8, 4) is 11.3 Å². The summed E-state index contributed by atoms with van der Waals surface area (Å²) in [6, 6.07) is 15.8. The minimum Gasteiger partial charge on any atom is -0.360 e. The number of carbonyl (C=O) groups is 2. The number of benzene rings is 2. The largest absolute Gasteiger partial charge is 0.360 e. The van der Waals surface area contributed by atoms with Crippen molar-refractivity contribution in [2.45, 2.75) is 6.92 Å². The summed E-state index contributed by atoms with van der Waals surface area (Å²) in [6.45, 7) is 1.52. The van der Waals surface area contributed by atoms with Crippen LogP contribution in [0.4, 0.5) is 0 Å². The van der Waals surface area contributed by atoms with Gasteiger partial charge in [-0.15, -0.1) is 0 Å². The molecule has 1 aromatic heterocycles. The van der Waals surface area contributed by atoms with Gasteiger partial charge in [-0.1, -0.05) is 65.3 Å². The zero-order valence-electron chi connectivity index (χ0n) is 13.5. The Bertz CT molecular complexity index is 919. The highest BCUT2D eigenvalue weighted by molar-refractivity contribution is 6.33. The smallest absolute Gasteiger partial charge is 0.257 e. The molecule has 0 bridgehead atoms. The maximum absolute atomic E-state index is 12.6. The maximum atomic E-state index is 12.6. The summed E-state index contributed by atoms with van der Waals surface area (Å²) in [5.74, 6) is -0.250. The molecule has 0 spiro atoms. The molecule has 0 fully saturated rings. The number of carbonyl (C=O) groups excluding carboxylic acids is 2. The van der Waals surface area contributed by atoms with Gasteiger partial charge in [0.15, 0.2) is 5.78 Å². The third kappa shape index (κ3) is 3.61. The Hall–Kier alpha value is -2.92. The first-order valence-electron chi connectivity index (χ1n) is 7.65. The van der Waals surface area contributed by atoms with Crippen LogP contribution in [0.2, 0.25) is 5.02 Å². The van der Waals surface area contributed by atoms with E-state index in [0.717, 1.165) is 0 Å². The zero-order chi connectivity index (χ0) is 17.8. The highest BCUT2D eigenvalue weighted by Crippen LogP contribution is 2.30. The summed E-state index contributed by atoms with van der Waals surface area (Å²) >= 11 is 6.18. The van der Waals surface area contributed by atoms with E-state index in [1.807, 2.05) is 6.07 Å². The van der Waals surface area contributed by atoms with Crippen molar-refractivity contribution in [3.63, 3.8) is 0 Å². The number of aryl methyl sites for hydroxylation is 1. The van der Waals surface area contributed by atoms with Crippen LogP contribution in [0.3, 0.4) is 0 Å². The number of aromatic nitrogens is 1. The summed E-state index contributed by atoms with van der Waals surface area (Å²) < 4.78 is 5.16. The van der Waals surface area contributed by atoms with Gasteiger partial charge < -0.3 is 9.84 Å². The molecule has 0 atom stereocenters. The molecule has 1 N–H and O–H groups in total. The molecule has 5 nitrogen and oxygen atoms in total. The van der Waals surface area contributed by atoms with Gasteiger partial charge in [-0.25, -0.2) is 0 Å². The highest BCUT2D eigenvalue weighted by Gasteiger charge is 2.23. The van der Waals surface area contributed by atoms with Crippen LogP contribution in [0.5, 0.6) is 0 Å². The lowest BCUT2D eigenvalue weighted by Crippen LogP contribution is -2.30. The topological polar surface area (TPSA) is 72.2 Å². The predicted molar refractivity (Wildman–Crippen MR) is 94.8 cm³/mol. The third-order valence-corrected chi connectivity index (χ3v) is 4.05. The number of amides is 1. The van der Waals surface area contributed by atoms with Gasteiger partial charge in [0.1, 0.15) is 17.0 Å². The summed E-state index contributed by atoms with van der Waals surface area (Å²) in [5, 5.41) is 7.03. The van der Waals surface area contributed by atoms with Crippen LogP contribution in [0, 0.1) is 6.92 Å². The molecule has 25 heavy (non-hydrogen) atoms. The van der Waals surface area contributed by atoms with E-state index in [2.05, 4.69) is 10.5 Å². The van der Waals surface area contributed by atoms with E-state index in [4.69, 9.17) is 16.1 Å². The second-order valence-electron chi connectivity index (χ2n) is 5.41. The first-order valence-corrected chi connectivity index (χ1v) is 8.03. The summed E-state index contributed by atoms with van der Waals surface area (Å²) in [5.41, 5.74) is 1.76. The van der Waals surface area contributed by atoms with Crippen molar-refractivity contribution < 1.29 is 14.1 Å². The Labute approximate surface area is 149 Å². The normalized spacial score (nSPS) is 10.5. The quantitative estimate of drug-likeness (QED) is 0.705. The first-order chi connectivity index (χ1) is 12.1. The van der Waals surface area contributed by atoms with Gasteiger partial charge in [0, 0.05) is 11.1 Å². The van der Waals surface area contributed by atoms with E-state index >= 15 is 0 Å². The van der Waals surface area contributed by atoms with Gasteiger partial charge in [-0.2, -0.15) is 0 Å². The molecular weight excluding hydrogens is 340 g/mol. The Morgan fingerprint density at radius 2 is 1.76 bits per heavy atom. The summed E-state index contributed by atoms with van der Waals surface area (Å²) in [7, 11) is 0. The summed E-state index contributed by atoms with van der Waals surface area (Å²) in [6.07, 6.45) is 0. The Morgan fingerprint density at radius 1 is 1.08 bits per heavy atom. The van der Waals surface area contributed by atoms with Crippen LogP contribution in [-0.2, 0) is 0 Å². The highest BCUT2D eigenvalue weighted by atomic mass is 35.5. The lowest BCUT2D eigenvalue weighted by atomic mass is 10.1. The van der Waals surface area contributed by atoms with Crippen molar-refractivity contribution in [2.75, 3.05) is 6.54 Å². The second kappa shape index (κ2) is 7.32. The van der Waals surface area contributed by atoms with Crippen LogP contribution < -0.4 is 5.32 Å². The number of nitrogens with zero attached hydrogens (tertiary/aromatic N) is 1. The molecule has 0 aliphatic carbocycles. The van der Waals surface area contributed by atoms with Crippen LogP contribution >= 0.6 is 11.6 Å². The monoisotopic (exact) mass is 354 g/mol. The molecule has 0 aliphatic rings. The van der Waals surface area contributed by atoms with E-state index in [-0.39, 0.29) is 17.9 Å². The van der Waals surface area contributed by atoms with Gasteiger partial charge >= 0.3 is 0 Å². The van der Waals surface area contributed by atoms with Crippen LogP contribution in [0.1, 0.15) is 26.5 Å². The van der Waals surface area contributed by atoms with E-state index in [1.165, 1.54) is 0 Å². The molecule has 0 radical (unpaired) electrons.